The Kier molecular flexibility index (Phi) is 6.56. The summed E-state index contributed by atoms with van der Waals surface area (Å²) in [5.74, 6) is -0.673. The van der Waals surface area contributed by atoms with Crippen LogP contribution in [0.1, 0.15) is 36.5 Å². The molecule has 0 aliphatic rings. The molecule has 0 atom stereocenters. The Labute approximate surface area is 173 Å². The number of azo groups is 1. The minimum atomic E-state index is -0.527. The fourth-order valence-electron chi connectivity index (χ4n) is 2.97. The number of thiocarbonyl (C=S) groups is 1. The van der Waals surface area contributed by atoms with E-state index in [4.69, 9.17) is 12.2 Å². The van der Waals surface area contributed by atoms with Gasteiger partial charge in [0, 0.05) is 22.9 Å². The Hall–Kier alpha value is -3.26. The molecule has 1 aromatic heterocycles. The molecule has 0 fully saturated rings. The lowest BCUT2D eigenvalue weighted by atomic mass is 10.2. The third-order valence-corrected chi connectivity index (χ3v) is 4.72. The van der Waals surface area contributed by atoms with Crippen molar-refractivity contribution in [2.45, 2.75) is 26.2 Å². The summed E-state index contributed by atoms with van der Waals surface area (Å²) in [6.07, 6.45) is 3.19. The van der Waals surface area contributed by atoms with E-state index in [1.165, 1.54) is 4.57 Å². The van der Waals surface area contributed by atoms with Gasteiger partial charge in [-0.05, 0) is 55.0 Å². The normalized spacial score (nSPS) is 11.2. The molecule has 0 unspecified atom stereocenters. The Morgan fingerprint density at radius 2 is 1.62 bits per heavy atom. The second-order valence-corrected chi connectivity index (χ2v) is 6.91. The molecule has 0 saturated heterocycles. The minimum absolute atomic E-state index is 0.0728. The number of nitrogens with zero attached hydrogens (tertiary/aromatic N) is 3. The largest absolute Gasteiger partial charge is 0.494 e. The maximum Gasteiger partial charge on any atom is 0.295 e. The third-order valence-electron chi connectivity index (χ3n) is 4.49. The summed E-state index contributed by atoms with van der Waals surface area (Å²) >= 11 is 5.03. The Morgan fingerprint density at radius 1 is 1.00 bits per heavy atom. The van der Waals surface area contributed by atoms with E-state index in [2.05, 4.69) is 22.5 Å². The Balaban J connectivity index is 1.71. The summed E-state index contributed by atoms with van der Waals surface area (Å²) in [7, 11) is 0. The molecule has 3 aromatic rings. The highest BCUT2D eigenvalue weighted by atomic mass is 32.1. The first-order chi connectivity index (χ1) is 14.0. The molecule has 8 heteroatoms. The third kappa shape index (κ3) is 4.60. The molecule has 150 valence electrons. The van der Waals surface area contributed by atoms with Crippen LogP contribution < -0.4 is 5.32 Å². The number of carbonyl (C=O) groups excluding carboxylic acids is 1. The SMILES string of the molecule is CCCCCNC(=S)N=NC(=O)c1ccc(-n2c(O)c3ccccc3c2O)cc1. The molecule has 0 spiro atoms. The number of carbonyl (C=O) groups is 1. The molecule has 0 radical (unpaired) electrons. The Bertz CT molecular complexity index is 1020. The molecule has 3 rings (SSSR count). The van der Waals surface area contributed by atoms with Gasteiger partial charge in [-0.3, -0.25) is 9.36 Å². The molecule has 0 saturated carbocycles. The van der Waals surface area contributed by atoms with Gasteiger partial charge >= 0.3 is 0 Å². The summed E-state index contributed by atoms with van der Waals surface area (Å²) < 4.78 is 1.32. The number of hydrogen-bond acceptors (Lipinski definition) is 4. The lowest BCUT2D eigenvalue weighted by Gasteiger charge is -2.07. The number of benzene rings is 2. The van der Waals surface area contributed by atoms with Gasteiger partial charge in [0.1, 0.15) is 0 Å². The van der Waals surface area contributed by atoms with Crippen LogP contribution in [-0.4, -0.2) is 32.3 Å². The van der Waals surface area contributed by atoms with Gasteiger partial charge in [0.15, 0.2) is 0 Å². The van der Waals surface area contributed by atoms with E-state index in [0.717, 1.165) is 19.3 Å². The van der Waals surface area contributed by atoms with E-state index in [1.807, 2.05) is 0 Å². The van der Waals surface area contributed by atoms with E-state index in [0.29, 0.717) is 28.6 Å². The molecule has 0 aliphatic heterocycles. The first-order valence-electron chi connectivity index (χ1n) is 9.38. The van der Waals surface area contributed by atoms with Crippen molar-refractivity contribution in [2.75, 3.05) is 6.54 Å². The highest BCUT2D eigenvalue weighted by Crippen LogP contribution is 2.38. The van der Waals surface area contributed by atoms with E-state index >= 15 is 0 Å². The van der Waals surface area contributed by atoms with Crippen LogP contribution in [0.15, 0.2) is 58.8 Å². The number of amides is 1. The van der Waals surface area contributed by atoms with E-state index in [9.17, 15) is 15.0 Å². The van der Waals surface area contributed by atoms with E-state index < -0.39 is 5.91 Å². The van der Waals surface area contributed by atoms with Crippen LogP contribution in [-0.2, 0) is 0 Å². The highest BCUT2D eigenvalue weighted by Gasteiger charge is 2.17. The molecule has 7 nitrogen and oxygen atoms in total. The fraction of sp³-hybridized carbons (Fsp3) is 0.238. The average molecular weight is 410 g/mol. The zero-order valence-corrected chi connectivity index (χ0v) is 16.8. The predicted molar refractivity (Wildman–Crippen MR) is 116 cm³/mol. The monoisotopic (exact) mass is 410 g/mol. The standard InChI is InChI=1S/C21H22N4O3S/c1-2-3-6-13-22-21(29)24-23-18(26)14-9-11-15(12-10-14)25-19(27)16-7-4-5-8-17(16)20(25)28/h4-5,7-12,27-28H,2-3,6,13H2,1H3,(H,22,29). The van der Waals surface area contributed by atoms with Crippen molar-refractivity contribution in [1.29, 1.82) is 0 Å². The molecular weight excluding hydrogens is 388 g/mol. The molecule has 0 bridgehead atoms. The number of aromatic hydroxyl groups is 2. The van der Waals surface area contributed by atoms with Crippen molar-refractivity contribution in [3.63, 3.8) is 0 Å². The lowest BCUT2D eigenvalue weighted by molar-refractivity contribution is 0.0995. The second-order valence-electron chi connectivity index (χ2n) is 6.52. The fourth-order valence-corrected chi connectivity index (χ4v) is 3.11. The smallest absolute Gasteiger partial charge is 0.295 e. The topological polar surface area (TPSA) is 99.2 Å². The highest BCUT2D eigenvalue weighted by molar-refractivity contribution is 7.80. The maximum atomic E-state index is 12.2. The van der Waals surface area contributed by atoms with E-state index in [-0.39, 0.29) is 16.9 Å². The first kappa shape index (κ1) is 20.5. The van der Waals surface area contributed by atoms with Gasteiger partial charge in [-0.1, -0.05) is 31.9 Å². The summed E-state index contributed by atoms with van der Waals surface area (Å²) in [6, 6.07) is 13.3. The number of unbranched alkanes of at least 4 members (excludes halogenated alkanes) is 2. The van der Waals surface area contributed by atoms with Crippen LogP contribution in [0.5, 0.6) is 11.8 Å². The number of fused-ring (bicyclic) bond motifs is 1. The van der Waals surface area contributed by atoms with Gasteiger partial charge in [0.25, 0.3) is 5.91 Å². The molecule has 2 aromatic carbocycles. The van der Waals surface area contributed by atoms with Crippen molar-refractivity contribution in [2.24, 2.45) is 10.2 Å². The van der Waals surface area contributed by atoms with Gasteiger partial charge in [0.2, 0.25) is 16.9 Å². The molecule has 0 aliphatic carbocycles. The number of rotatable bonds is 6. The van der Waals surface area contributed by atoms with Crippen molar-refractivity contribution < 1.29 is 15.0 Å². The van der Waals surface area contributed by atoms with Crippen molar-refractivity contribution in [1.82, 2.24) is 9.88 Å². The van der Waals surface area contributed by atoms with Crippen LogP contribution in [0.3, 0.4) is 0 Å². The summed E-state index contributed by atoms with van der Waals surface area (Å²) in [4.78, 5) is 12.2. The maximum absolute atomic E-state index is 12.2. The summed E-state index contributed by atoms with van der Waals surface area (Å²) in [5.41, 5.74) is 0.833. The summed E-state index contributed by atoms with van der Waals surface area (Å²) in [5, 5.41) is 32.5. The lowest BCUT2D eigenvalue weighted by Crippen LogP contribution is -2.20. The van der Waals surface area contributed by atoms with Gasteiger partial charge in [-0.2, -0.15) is 0 Å². The summed E-state index contributed by atoms with van der Waals surface area (Å²) in [6.45, 7) is 2.82. The van der Waals surface area contributed by atoms with Gasteiger partial charge in [-0.15, -0.1) is 10.2 Å². The molecule has 29 heavy (non-hydrogen) atoms. The second kappa shape index (κ2) is 9.29. The van der Waals surface area contributed by atoms with Crippen molar-refractivity contribution in [3.8, 4) is 17.4 Å². The minimum Gasteiger partial charge on any atom is -0.494 e. The van der Waals surface area contributed by atoms with Crippen LogP contribution in [0.4, 0.5) is 0 Å². The van der Waals surface area contributed by atoms with Crippen LogP contribution in [0.25, 0.3) is 16.5 Å². The predicted octanol–water partition coefficient (Wildman–Crippen LogP) is 4.70. The van der Waals surface area contributed by atoms with Crippen molar-refractivity contribution >= 4 is 34.0 Å². The van der Waals surface area contributed by atoms with E-state index in [1.54, 1.807) is 48.5 Å². The molecule has 3 N–H and O–H groups in total. The average Bonchev–Trinajstić information content (AvgIpc) is 3.00. The van der Waals surface area contributed by atoms with Crippen molar-refractivity contribution in [3.05, 3.63) is 54.1 Å². The van der Waals surface area contributed by atoms with Crippen LogP contribution in [0.2, 0.25) is 0 Å². The number of hydrogen-bond donors (Lipinski definition) is 3. The van der Waals surface area contributed by atoms with Gasteiger partial charge in [-0.25, -0.2) is 0 Å². The number of nitrogens with one attached hydrogen (secondary N) is 1. The molecule has 1 amide bonds. The zero-order chi connectivity index (χ0) is 20.8. The van der Waals surface area contributed by atoms with Crippen LogP contribution >= 0.6 is 12.2 Å². The Morgan fingerprint density at radius 3 is 2.21 bits per heavy atom. The van der Waals surface area contributed by atoms with Gasteiger partial charge < -0.3 is 15.5 Å². The first-order valence-corrected chi connectivity index (χ1v) is 9.79. The number of aromatic nitrogens is 1. The van der Waals surface area contributed by atoms with Crippen LogP contribution in [0, 0.1) is 0 Å². The molecule has 1 heterocycles. The van der Waals surface area contributed by atoms with Gasteiger partial charge in [0.05, 0.1) is 5.69 Å². The molecular formula is C21H22N4O3S. The zero-order valence-electron chi connectivity index (χ0n) is 16.0. The quantitative estimate of drug-likeness (QED) is 0.311.